The number of carboxylic acid groups (broad SMARTS) is 1. The van der Waals surface area contributed by atoms with E-state index in [1.54, 1.807) is 42.1 Å². The van der Waals surface area contributed by atoms with Gasteiger partial charge in [-0.25, -0.2) is 4.79 Å². The van der Waals surface area contributed by atoms with Crippen molar-refractivity contribution in [3.05, 3.63) is 0 Å². The van der Waals surface area contributed by atoms with Crippen molar-refractivity contribution in [3.63, 3.8) is 0 Å². The maximum atomic E-state index is 12.1. The highest BCUT2D eigenvalue weighted by Gasteiger charge is 2.70. The normalized spacial score (nSPS) is 53.9. The van der Waals surface area contributed by atoms with Crippen molar-refractivity contribution in [2.75, 3.05) is 42.2 Å². The molecule has 7 saturated heterocycles. The highest BCUT2D eigenvalue weighted by Crippen LogP contribution is 2.57. The molecular formula is C48H82O18. The number of methoxy groups -OCH3 is 5. The average molecular weight is 947 g/mol. The molecule has 25 unspecified atom stereocenters. The van der Waals surface area contributed by atoms with Crippen molar-refractivity contribution in [2.24, 2.45) is 35.5 Å². The molecule has 0 aliphatic carbocycles. The van der Waals surface area contributed by atoms with Gasteiger partial charge in [-0.15, -0.1) is 0 Å². The predicted molar refractivity (Wildman–Crippen MR) is 234 cm³/mol. The van der Waals surface area contributed by atoms with E-state index < -0.39 is 83.4 Å². The first-order valence-electron chi connectivity index (χ1n) is 24.3. The summed E-state index contributed by atoms with van der Waals surface area (Å²) in [5.74, 6) is -8.82. The molecule has 18 nitrogen and oxygen atoms in total. The van der Waals surface area contributed by atoms with Gasteiger partial charge in [0.15, 0.2) is 17.9 Å². The largest absolute Gasteiger partial charge is 0.479 e. The summed E-state index contributed by atoms with van der Waals surface area (Å²) in [6, 6.07) is 0. The number of aliphatic hydroxyl groups excluding tert-OH is 1. The maximum Gasteiger partial charge on any atom is 0.338 e. The van der Waals surface area contributed by atoms with Crippen LogP contribution >= 0.6 is 0 Å². The van der Waals surface area contributed by atoms with E-state index in [1.807, 2.05) is 20.8 Å². The van der Waals surface area contributed by atoms with Crippen LogP contribution in [0.5, 0.6) is 0 Å². The van der Waals surface area contributed by atoms with Gasteiger partial charge in [-0.05, 0) is 52.9 Å². The fourth-order valence-electron chi connectivity index (χ4n) is 13.4. The Morgan fingerprint density at radius 2 is 1.35 bits per heavy atom. The fraction of sp³-hybridized carbons (Fsp3) is 0.979. The van der Waals surface area contributed by atoms with Crippen LogP contribution in [0.25, 0.3) is 0 Å². The van der Waals surface area contributed by atoms with E-state index in [1.165, 1.54) is 14.2 Å². The molecule has 18 heteroatoms. The van der Waals surface area contributed by atoms with Gasteiger partial charge in [0.1, 0.15) is 11.2 Å². The molecule has 7 aliphatic rings. The lowest BCUT2D eigenvalue weighted by Crippen LogP contribution is -2.72. The molecule has 382 valence electrons. The van der Waals surface area contributed by atoms with Gasteiger partial charge in [-0.1, -0.05) is 41.5 Å². The number of ether oxygens (including phenoxy) is 13. The van der Waals surface area contributed by atoms with Gasteiger partial charge in [-0.2, -0.15) is 0 Å². The fourth-order valence-corrected chi connectivity index (χ4v) is 13.4. The Labute approximate surface area is 391 Å². The van der Waals surface area contributed by atoms with E-state index in [9.17, 15) is 25.2 Å². The Bertz CT molecular complexity index is 1660. The molecule has 0 aromatic heterocycles. The third-order valence-corrected chi connectivity index (χ3v) is 17.7. The van der Waals surface area contributed by atoms with Crippen LogP contribution in [0.1, 0.15) is 107 Å². The predicted octanol–water partition coefficient (Wildman–Crippen LogP) is 3.80. The van der Waals surface area contributed by atoms with Gasteiger partial charge < -0.3 is 82.0 Å². The average Bonchev–Trinajstić information content (AvgIpc) is 4.03. The Balaban J connectivity index is 1.06. The summed E-state index contributed by atoms with van der Waals surface area (Å²) < 4.78 is 83.9. The third-order valence-electron chi connectivity index (χ3n) is 17.7. The van der Waals surface area contributed by atoms with Crippen molar-refractivity contribution in [1.82, 2.24) is 0 Å². The minimum atomic E-state index is -2.50. The molecule has 0 aromatic carbocycles. The van der Waals surface area contributed by atoms with Gasteiger partial charge in [0.2, 0.25) is 11.9 Å². The molecule has 25 atom stereocenters. The summed E-state index contributed by atoms with van der Waals surface area (Å²) in [5, 5.41) is 43.9. The molecular weight excluding hydrogens is 865 g/mol. The lowest BCUT2D eigenvalue weighted by atomic mass is 9.73. The van der Waals surface area contributed by atoms with Gasteiger partial charge in [0.05, 0.1) is 79.9 Å². The van der Waals surface area contributed by atoms with Crippen LogP contribution in [-0.2, 0) is 66.4 Å². The Kier molecular flexibility index (Phi) is 15.8. The third kappa shape index (κ3) is 8.84. The van der Waals surface area contributed by atoms with Crippen LogP contribution in [-0.4, -0.2) is 183 Å². The highest BCUT2D eigenvalue weighted by atomic mass is 16.7. The van der Waals surface area contributed by atoms with E-state index in [-0.39, 0.29) is 78.7 Å². The van der Waals surface area contributed by atoms with Crippen molar-refractivity contribution in [2.45, 2.75) is 221 Å². The van der Waals surface area contributed by atoms with Crippen molar-refractivity contribution in [1.29, 1.82) is 0 Å². The highest BCUT2D eigenvalue weighted by molar-refractivity contribution is 5.73. The van der Waals surface area contributed by atoms with E-state index >= 15 is 0 Å². The molecule has 4 N–H and O–H groups in total. The molecule has 66 heavy (non-hydrogen) atoms. The zero-order valence-corrected chi connectivity index (χ0v) is 41.7. The maximum absolute atomic E-state index is 12.1. The number of aliphatic carboxylic acids is 1. The molecule has 7 fully saturated rings. The summed E-state index contributed by atoms with van der Waals surface area (Å²) in [6.07, 6.45) is -3.65. The topological polar surface area (TPSA) is 218 Å². The van der Waals surface area contributed by atoms with E-state index in [4.69, 9.17) is 61.6 Å². The van der Waals surface area contributed by atoms with Gasteiger partial charge >= 0.3 is 5.97 Å². The second-order valence-corrected chi connectivity index (χ2v) is 21.2. The van der Waals surface area contributed by atoms with Gasteiger partial charge in [0.25, 0.3) is 0 Å². The minimum Gasteiger partial charge on any atom is -0.479 e. The molecule has 0 aromatic rings. The summed E-state index contributed by atoms with van der Waals surface area (Å²) in [7, 11) is 8.00. The second kappa shape index (κ2) is 19.8. The van der Waals surface area contributed by atoms with Crippen LogP contribution in [0.4, 0.5) is 0 Å². The van der Waals surface area contributed by atoms with E-state index in [2.05, 4.69) is 20.8 Å². The summed E-state index contributed by atoms with van der Waals surface area (Å²) in [6.45, 7) is 17.8. The zero-order chi connectivity index (χ0) is 48.5. The Hall–Kier alpha value is -1.17. The summed E-state index contributed by atoms with van der Waals surface area (Å²) >= 11 is 0. The first-order valence-corrected chi connectivity index (χ1v) is 24.3. The Morgan fingerprint density at radius 3 is 1.97 bits per heavy atom. The first-order chi connectivity index (χ1) is 31.0. The molecule has 7 rings (SSSR count). The van der Waals surface area contributed by atoms with Crippen LogP contribution in [0.2, 0.25) is 0 Å². The minimum absolute atomic E-state index is 0.0215. The van der Waals surface area contributed by atoms with Gasteiger partial charge in [-0.3, -0.25) is 0 Å². The molecule has 7 heterocycles. The number of carbonyl (C=O) groups is 1. The quantitative estimate of drug-likeness (QED) is 0.195. The van der Waals surface area contributed by atoms with Gasteiger partial charge in [0, 0.05) is 83.9 Å². The molecule has 0 saturated carbocycles. The zero-order valence-electron chi connectivity index (χ0n) is 41.7. The number of carboxylic acids is 1. The number of hydrogen-bond donors (Lipinski definition) is 4. The molecule has 0 bridgehead atoms. The first kappa shape index (κ1) is 52.6. The SMILES string of the molecule is COC1CCOC(OC2C(C)C(C3CCC(C4CCC(C5(C)OC6(OC(CC7OC(O)(C(O)C(=O)O)C(C)C(OC)C7(C)OC)CC(OC)C6C)C(C)C5OC)O4)O3)OC(C)(O)C2C)C1C. The number of hydrogen-bond acceptors (Lipinski definition) is 17. The van der Waals surface area contributed by atoms with Crippen LogP contribution in [0.15, 0.2) is 0 Å². The van der Waals surface area contributed by atoms with Crippen LogP contribution in [0, 0.1) is 35.5 Å². The monoisotopic (exact) mass is 947 g/mol. The molecule has 7 aliphatic heterocycles. The Morgan fingerprint density at radius 1 is 0.712 bits per heavy atom. The van der Waals surface area contributed by atoms with Crippen molar-refractivity contribution < 1.29 is 86.8 Å². The summed E-state index contributed by atoms with van der Waals surface area (Å²) in [4.78, 5) is 12.1. The summed E-state index contributed by atoms with van der Waals surface area (Å²) in [5.41, 5.74) is -2.16. The van der Waals surface area contributed by atoms with E-state index in [0.29, 0.717) is 19.4 Å². The number of rotatable bonds is 14. The lowest BCUT2D eigenvalue weighted by Gasteiger charge is -2.56. The van der Waals surface area contributed by atoms with E-state index in [0.717, 1.165) is 25.7 Å². The molecule has 0 amide bonds. The number of aliphatic hydroxyl groups is 3. The van der Waals surface area contributed by atoms with Crippen molar-refractivity contribution >= 4 is 5.97 Å². The lowest BCUT2D eigenvalue weighted by molar-refractivity contribution is -0.389. The van der Waals surface area contributed by atoms with Crippen LogP contribution in [0.3, 0.4) is 0 Å². The molecule has 0 radical (unpaired) electrons. The standard InChI is InChI=1S/C48H82O18/c1-23-30(54-10)19-20-59-43(23)62-37-24(2)38(65-46(9,52)26(37)4)33-16-15-31(60-33)32-17-18-35(61-32)45(8)41(57-13)28(6)48(66-45)25(3)34(55-11)21-29(63-48)22-36-44(7,58-14)40(56-12)27(5)47(53,64-36)39(49)42(50)51/h23-41,43,49,52-53H,15-22H2,1-14H3,(H,50,51). The molecule has 1 spiro atoms. The van der Waals surface area contributed by atoms with Crippen LogP contribution < -0.4 is 0 Å². The second-order valence-electron chi connectivity index (χ2n) is 21.2. The smallest absolute Gasteiger partial charge is 0.338 e. The van der Waals surface area contributed by atoms with Crippen molar-refractivity contribution in [3.8, 4) is 0 Å².